The number of rotatable bonds is 4. The van der Waals surface area contributed by atoms with Gasteiger partial charge in [-0.3, -0.25) is 0 Å². The van der Waals surface area contributed by atoms with Gasteiger partial charge in [-0.05, 0) is 33.6 Å². The largest absolute Gasteiger partial charge is 0.444 e. The Kier molecular flexibility index (Phi) is 5.22. The lowest BCUT2D eigenvalue weighted by molar-refractivity contribution is 0.0198. The van der Waals surface area contributed by atoms with E-state index in [0.717, 1.165) is 44.7 Å². The number of aromatic nitrogens is 2. The predicted octanol–water partition coefficient (Wildman–Crippen LogP) is 1.94. The van der Waals surface area contributed by atoms with Crippen LogP contribution in [0.1, 0.15) is 39.4 Å². The molecular weight excluding hydrogens is 268 g/mol. The number of carbonyl (C=O) groups excluding carboxylic acids is 1. The predicted molar refractivity (Wildman–Crippen MR) is 81.1 cm³/mol. The SMILES string of the molecule is CC(C)(C)OC(=O)N1CCC(NCCc2ncc[nH]2)CC1. The highest BCUT2D eigenvalue weighted by Gasteiger charge is 2.26. The van der Waals surface area contributed by atoms with Crippen LogP contribution in [-0.4, -0.2) is 52.2 Å². The van der Waals surface area contributed by atoms with Gasteiger partial charge in [-0.2, -0.15) is 0 Å². The fourth-order valence-electron chi connectivity index (χ4n) is 2.42. The second kappa shape index (κ2) is 6.93. The molecule has 0 bridgehead atoms. The number of hydrogen-bond acceptors (Lipinski definition) is 4. The Morgan fingerprint density at radius 1 is 1.48 bits per heavy atom. The van der Waals surface area contributed by atoms with Gasteiger partial charge in [0.2, 0.25) is 0 Å². The molecule has 1 aliphatic heterocycles. The summed E-state index contributed by atoms with van der Waals surface area (Å²) in [5.41, 5.74) is -0.421. The van der Waals surface area contributed by atoms with Crippen LogP contribution in [0.25, 0.3) is 0 Å². The van der Waals surface area contributed by atoms with Gasteiger partial charge in [-0.25, -0.2) is 9.78 Å². The molecule has 6 nitrogen and oxygen atoms in total. The summed E-state index contributed by atoms with van der Waals surface area (Å²) in [5.74, 6) is 1.01. The van der Waals surface area contributed by atoms with Gasteiger partial charge < -0.3 is 19.9 Å². The van der Waals surface area contributed by atoms with Crippen LogP contribution in [0.3, 0.4) is 0 Å². The molecule has 118 valence electrons. The quantitative estimate of drug-likeness (QED) is 0.890. The van der Waals surface area contributed by atoms with Crippen LogP contribution in [0.4, 0.5) is 4.79 Å². The molecule has 2 rings (SSSR count). The summed E-state index contributed by atoms with van der Waals surface area (Å²) in [6, 6.07) is 0.471. The molecule has 0 saturated carbocycles. The van der Waals surface area contributed by atoms with Gasteiger partial charge in [-0.1, -0.05) is 0 Å². The van der Waals surface area contributed by atoms with Crippen molar-refractivity contribution in [1.29, 1.82) is 0 Å². The standard InChI is InChI=1S/C15H26N4O2/c1-15(2,3)21-14(20)19-10-5-12(6-11-19)16-7-4-13-17-8-9-18-13/h8-9,12,16H,4-7,10-11H2,1-3H3,(H,17,18). The van der Waals surface area contributed by atoms with Crippen LogP contribution in [0.2, 0.25) is 0 Å². The molecule has 0 atom stereocenters. The topological polar surface area (TPSA) is 70.2 Å². The molecule has 6 heteroatoms. The van der Waals surface area contributed by atoms with E-state index >= 15 is 0 Å². The number of amides is 1. The lowest BCUT2D eigenvalue weighted by atomic mass is 10.1. The molecule has 1 saturated heterocycles. The third kappa shape index (κ3) is 5.38. The number of imidazole rings is 1. The van der Waals surface area contributed by atoms with E-state index in [9.17, 15) is 4.79 Å². The average Bonchev–Trinajstić information content (AvgIpc) is 2.91. The van der Waals surface area contributed by atoms with Crippen molar-refractivity contribution in [3.63, 3.8) is 0 Å². The summed E-state index contributed by atoms with van der Waals surface area (Å²) in [4.78, 5) is 21.1. The minimum absolute atomic E-state index is 0.198. The van der Waals surface area contributed by atoms with Crippen molar-refractivity contribution in [2.75, 3.05) is 19.6 Å². The Morgan fingerprint density at radius 2 is 2.19 bits per heavy atom. The Morgan fingerprint density at radius 3 is 2.76 bits per heavy atom. The maximum Gasteiger partial charge on any atom is 0.410 e. The van der Waals surface area contributed by atoms with E-state index in [-0.39, 0.29) is 6.09 Å². The molecule has 1 aromatic rings. The maximum absolute atomic E-state index is 12.0. The zero-order chi connectivity index (χ0) is 15.3. The number of ether oxygens (including phenoxy) is 1. The molecule has 2 N–H and O–H groups in total. The van der Waals surface area contributed by atoms with Gasteiger partial charge >= 0.3 is 6.09 Å². The number of nitrogens with zero attached hydrogens (tertiary/aromatic N) is 2. The first-order valence-electron chi connectivity index (χ1n) is 7.63. The van der Waals surface area contributed by atoms with E-state index in [1.165, 1.54) is 0 Å². The van der Waals surface area contributed by atoms with Gasteiger partial charge in [-0.15, -0.1) is 0 Å². The summed E-state index contributed by atoms with van der Waals surface area (Å²) in [6.45, 7) is 8.11. The average molecular weight is 294 g/mol. The van der Waals surface area contributed by atoms with Crippen molar-refractivity contribution in [1.82, 2.24) is 20.2 Å². The molecule has 0 spiro atoms. The lowest BCUT2D eigenvalue weighted by Gasteiger charge is -2.33. The van der Waals surface area contributed by atoms with Crippen LogP contribution < -0.4 is 5.32 Å². The Bertz CT molecular complexity index is 431. The Labute approximate surface area is 126 Å². The second-order valence-electron chi connectivity index (χ2n) is 6.48. The van der Waals surface area contributed by atoms with Crippen LogP contribution in [0.15, 0.2) is 12.4 Å². The van der Waals surface area contributed by atoms with Crippen LogP contribution in [0, 0.1) is 0 Å². The number of likely N-dealkylation sites (tertiary alicyclic amines) is 1. The van der Waals surface area contributed by atoms with E-state index in [1.807, 2.05) is 27.0 Å². The fourth-order valence-corrected chi connectivity index (χ4v) is 2.42. The number of nitrogens with one attached hydrogen (secondary N) is 2. The molecule has 0 aliphatic carbocycles. The number of piperidine rings is 1. The van der Waals surface area contributed by atoms with E-state index in [2.05, 4.69) is 15.3 Å². The molecule has 2 heterocycles. The van der Waals surface area contributed by atoms with Gasteiger partial charge in [0.05, 0.1) is 0 Å². The zero-order valence-electron chi connectivity index (χ0n) is 13.2. The normalized spacial score (nSPS) is 17.0. The first-order chi connectivity index (χ1) is 9.94. The molecule has 0 unspecified atom stereocenters. The van der Waals surface area contributed by atoms with Gasteiger partial charge in [0.25, 0.3) is 0 Å². The maximum atomic E-state index is 12.0. The third-order valence-electron chi connectivity index (χ3n) is 3.50. The molecule has 1 aliphatic rings. The van der Waals surface area contributed by atoms with Gasteiger partial charge in [0.1, 0.15) is 11.4 Å². The Balaban J connectivity index is 1.65. The summed E-state index contributed by atoms with van der Waals surface area (Å²) in [6.07, 6.45) is 6.26. The molecule has 0 radical (unpaired) electrons. The highest BCUT2D eigenvalue weighted by molar-refractivity contribution is 5.68. The highest BCUT2D eigenvalue weighted by atomic mass is 16.6. The minimum Gasteiger partial charge on any atom is -0.444 e. The van der Waals surface area contributed by atoms with Crippen LogP contribution >= 0.6 is 0 Å². The van der Waals surface area contributed by atoms with Gasteiger partial charge in [0.15, 0.2) is 0 Å². The van der Waals surface area contributed by atoms with E-state index in [1.54, 1.807) is 11.1 Å². The van der Waals surface area contributed by atoms with E-state index in [0.29, 0.717) is 6.04 Å². The first-order valence-corrected chi connectivity index (χ1v) is 7.63. The van der Waals surface area contributed by atoms with Gasteiger partial charge in [0, 0.05) is 44.5 Å². The van der Waals surface area contributed by atoms with Crippen molar-refractivity contribution in [2.45, 2.75) is 51.7 Å². The second-order valence-corrected chi connectivity index (χ2v) is 6.48. The summed E-state index contributed by atoms with van der Waals surface area (Å²) in [5, 5.41) is 3.53. The molecule has 1 fully saturated rings. The van der Waals surface area contributed by atoms with Crippen molar-refractivity contribution in [3.05, 3.63) is 18.2 Å². The van der Waals surface area contributed by atoms with Crippen molar-refractivity contribution >= 4 is 6.09 Å². The van der Waals surface area contributed by atoms with Crippen molar-refractivity contribution < 1.29 is 9.53 Å². The summed E-state index contributed by atoms with van der Waals surface area (Å²) >= 11 is 0. The molecular formula is C15H26N4O2. The third-order valence-corrected chi connectivity index (χ3v) is 3.50. The number of hydrogen-bond donors (Lipinski definition) is 2. The molecule has 21 heavy (non-hydrogen) atoms. The highest BCUT2D eigenvalue weighted by Crippen LogP contribution is 2.15. The number of carbonyl (C=O) groups is 1. The fraction of sp³-hybridized carbons (Fsp3) is 0.733. The molecule has 1 amide bonds. The summed E-state index contributed by atoms with van der Waals surface area (Å²) in [7, 11) is 0. The van der Waals surface area contributed by atoms with Crippen LogP contribution in [-0.2, 0) is 11.2 Å². The molecule has 1 aromatic heterocycles. The minimum atomic E-state index is -0.421. The first kappa shape index (κ1) is 15.8. The smallest absolute Gasteiger partial charge is 0.410 e. The van der Waals surface area contributed by atoms with E-state index in [4.69, 9.17) is 4.74 Å². The van der Waals surface area contributed by atoms with Crippen molar-refractivity contribution in [2.24, 2.45) is 0 Å². The number of aromatic amines is 1. The molecule has 0 aromatic carbocycles. The van der Waals surface area contributed by atoms with E-state index < -0.39 is 5.60 Å². The lowest BCUT2D eigenvalue weighted by Crippen LogP contribution is -2.46. The zero-order valence-corrected chi connectivity index (χ0v) is 13.2. The van der Waals surface area contributed by atoms with Crippen molar-refractivity contribution in [3.8, 4) is 0 Å². The monoisotopic (exact) mass is 294 g/mol. The van der Waals surface area contributed by atoms with Crippen LogP contribution in [0.5, 0.6) is 0 Å². The Hall–Kier alpha value is -1.56. The number of H-pyrrole nitrogens is 1. The summed E-state index contributed by atoms with van der Waals surface area (Å²) < 4.78 is 5.40.